The molecule has 0 atom stereocenters. The lowest BCUT2D eigenvalue weighted by molar-refractivity contribution is 0.904. The van der Waals surface area contributed by atoms with Gasteiger partial charge in [-0.1, -0.05) is 12.1 Å². The predicted octanol–water partition coefficient (Wildman–Crippen LogP) is 2.55. The van der Waals surface area contributed by atoms with Crippen molar-refractivity contribution in [3.63, 3.8) is 0 Å². The van der Waals surface area contributed by atoms with E-state index >= 15 is 0 Å². The lowest BCUT2D eigenvalue weighted by atomic mass is 10.1. The molecular formula is C13H16N2. The first-order chi connectivity index (χ1) is 7.24. The van der Waals surface area contributed by atoms with E-state index in [0.29, 0.717) is 6.54 Å². The van der Waals surface area contributed by atoms with Gasteiger partial charge in [0.2, 0.25) is 0 Å². The van der Waals surface area contributed by atoms with Crippen molar-refractivity contribution in [2.75, 3.05) is 0 Å². The fourth-order valence-corrected chi connectivity index (χ4v) is 1.81. The van der Waals surface area contributed by atoms with Gasteiger partial charge in [-0.15, -0.1) is 0 Å². The van der Waals surface area contributed by atoms with Crippen LogP contribution in [0.3, 0.4) is 0 Å². The third-order valence-electron chi connectivity index (χ3n) is 2.88. The Morgan fingerprint density at radius 2 is 1.93 bits per heavy atom. The molecule has 0 saturated carbocycles. The average Bonchev–Trinajstić information content (AvgIpc) is 2.70. The first kappa shape index (κ1) is 9.99. The van der Waals surface area contributed by atoms with Gasteiger partial charge >= 0.3 is 0 Å². The maximum atomic E-state index is 5.70. The first-order valence-electron chi connectivity index (χ1n) is 5.17. The summed E-state index contributed by atoms with van der Waals surface area (Å²) in [5.74, 6) is 0. The smallest absolute Gasteiger partial charge is 0.0484 e. The SMILES string of the molecule is Cc1cccc(-n2cccc2CN)c1C. The van der Waals surface area contributed by atoms with Gasteiger partial charge in [-0.05, 0) is 43.2 Å². The number of rotatable bonds is 2. The minimum absolute atomic E-state index is 0.570. The molecule has 2 heteroatoms. The van der Waals surface area contributed by atoms with Crippen molar-refractivity contribution in [3.05, 3.63) is 53.3 Å². The van der Waals surface area contributed by atoms with Gasteiger partial charge in [0, 0.05) is 24.1 Å². The quantitative estimate of drug-likeness (QED) is 0.793. The molecule has 78 valence electrons. The van der Waals surface area contributed by atoms with E-state index in [1.807, 2.05) is 6.07 Å². The summed E-state index contributed by atoms with van der Waals surface area (Å²) in [5.41, 5.74) is 10.7. The van der Waals surface area contributed by atoms with Crippen molar-refractivity contribution in [2.45, 2.75) is 20.4 Å². The minimum atomic E-state index is 0.570. The Kier molecular flexibility index (Phi) is 2.60. The number of hydrogen-bond acceptors (Lipinski definition) is 1. The topological polar surface area (TPSA) is 30.9 Å². The van der Waals surface area contributed by atoms with Crippen molar-refractivity contribution >= 4 is 0 Å². The molecule has 1 aromatic carbocycles. The van der Waals surface area contributed by atoms with E-state index in [4.69, 9.17) is 5.73 Å². The third kappa shape index (κ3) is 1.68. The summed E-state index contributed by atoms with van der Waals surface area (Å²) in [6.45, 7) is 4.84. The third-order valence-corrected chi connectivity index (χ3v) is 2.88. The lowest BCUT2D eigenvalue weighted by Crippen LogP contribution is -2.06. The zero-order valence-corrected chi connectivity index (χ0v) is 9.20. The summed E-state index contributed by atoms with van der Waals surface area (Å²) in [7, 11) is 0. The normalized spacial score (nSPS) is 10.6. The summed E-state index contributed by atoms with van der Waals surface area (Å²) in [6.07, 6.45) is 2.06. The van der Waals surface area contributed by atoms with Gasteiger partial charge in [0.1, 0.15) is 0 Å². The number of nitrogens with two attached hydrogens (primary N) is 1. The molecule has 1 aromatic heterocycles. The maximum Gasteiger partial charge on any atom is 0.0484 e. The van der Waals surface area contributed by atoms with Crippen LogP contribution in [-0.4, -0.2) is 4.57 Å². The monoisotopic (exact) mass is 200 g/mol. The number of aryl methyl sites for hydroxylation is 1. The largest absolute Gasteiger partial charge is 0.325 e. The number of benzene rings is 1. The zero-order valence-electron chi connectivity index (χ0n) is 9.20. The fraction of sp³-hybridized carbons (Fsp3) is 0.231. The molecule has 0 aliphatic carbocycles. The van der Waals surface area contributed by atoms with Gasteiger partial charge in [-0.2, -0.15) is 0 Å². The molecule has 0 spiro atoms. The van der Waals surface area contributed by atoms with Gasteiger partial charge in [-0.25, -0.2) is 0 Å². The van der Waals surface area contributed by atoms with Crippen LogP contribution in [0.4, 0.5) is 0 Å². The Morgan fingerprint density at radius 1 is 1.13 bits per heavy atom. The molecule has 0 unspecified atom stereocenters. The van der Waals surface area contributed by atoms with Crippen LogP contribution in [0, 0.1) is 13.8 Å². The number of hydrogen-bond donors (Lipinski definition) is 1. The molecular weight excluding hydrogens is 184 g/mol. The first-order valence-corrected chi connectivity index (χ1v) is 5.17. The van der Waals surface area contributed by atoms with Crippen LogP contribution in [0.25, 0.3) is 5.69 Å². The Hall–Kier alpha value is -1.54. The Balaban J connectivity index is 2.59. The Labute approximate surface area is 90.3 Å². The molecule has 1 heterocycles. The number of nitrogens with zero attached hydrogens (tertiary/aromatic N) is 1. The molecule has 0 radical (unpaired) electrons. The Bertz CT molecular complexity index is 469. The highest BCUT2D eigenvalue weighted by Crippen LogP contribution is 2.19. The average molecular weight is 200 g/mol. The summed E-state index contributed by atoms with van der Waals surface area (Å²) < 4.78 is 2.16. The molecule has 0 saturated heterocycles. The van der Waals surface area contributed by atoms with Crippen LogP contribution in [0.1, 0.15) is 16.8 Å². The lowest BCUT2D eigenvalue weighted by Gasteiger charge is -2.12. The predicted molar refractivity (Wildman–Crippen MR) is 63.1 cm³/mol. The van der Waals surface area contributed by atoms with E-state index in [-0.39, 0.29) is 0 Å². The van der Waals surface area contributed by atoms with E-state index in [9.17, 15) is 0 Å². The van der Waals surface area contributed by atoms with Crippen molar-refractivity contribution in [3.8, 4) is 5.69 Å². The van der Waals surface area contributed by atoms with Gasteiger partial charge in [0.15, 0.2) is 0 Å². The number of aromatic nitrogens is 1. The van der Waals surface area contributed by atoms with Crippen molar-refractivity contribution in [2.24, 2.45) is 5.73 Å². The zero-order chi connectivity index (χ0) is 10.8. The summed E-state index contributed by atoms with van der Waals surface area (Å²) in [4.78, 5) is 0. The molecule has 2 nitrogen and oxygen atoms in total. The maximum absolute atomic E-state index is 5.70. The van der Waals surface area contributed by atoms with E-state index in [2.05, 4.69) is 48.9 Å². The van der Waals surface area contributed by atoms with Crippen LogP contribution in [-0.2, 0) is 6.54 Å². The fourth-order valence-electron chi connectivity index (χ4n) is 1.81. The molecule has 15 heavy (non-hydrogen) atoms. The van der Waals surface area contributed by atoms with Crippen molar-refractivity contribution in [1.29, 1.82) is 0 Å². The molecule has 0 aliphatic rings. The second kappa shape index (κ2) is 3.91. The summed E-state index contributed by atoms with van der Waals surface area (Å²) >= 11 is 0. The molecule has 0 fully saturated rings. The van der Waals surface area contributed by atoms with Crippen LogP contribution < -0.4 is 5.73 Å². The standard InChI is InChI=1S/C13H16N2/c1-10-5-3-7-13(11(10)2)15-8-4-6-12(15)9-14/h3-8H,9,14H2,1-2H3. The molecule has 2 aromatic rings. The van der Waals surface area contributed by atoms with Crippen molar-refractivity contribution < 1.29 is 0 Å². The summed E-state index contributed by atoms with van der Waals surface area (Å²) in [5, 5.41) is 0. The van der Waals surface area contributed by atoms with Gasteiger partial charge in [0.05, 0.1) is 0 Å². The summed E-state index contributed by atoms with van der Waals surface area (Å²) in [6, 6.07) is 10.4. The van der Waals surface area contributed by atoms with E-state index < -0.39 is 0 Å². The van der Waals surface area contributed by atoms with E-state index in [1.165, 1.54) is 16.8 Å². The van der Waals surface area contributed by atoms with Gasteiger partial charge in [0.25, 0.3) is 0 Å². The second-order valence-corrected chi connectivity index (χ2v) is 3.79. The molecule has 0 aliphatic heterocycles. The highest BCUT2D eigenvalue weighted by atomic mass is 15.0. The van der Waals surface area contributed by atoms with Gasteiger partial charge in [-0.3, -0.25) is 0 Å². The van der Waals surface area contributed by atoms with E-state index in [0.717, 1.165) is 5.69 Å². The van der Waals surface area contributed by atoms with Crippen LogP contribution >= 0.6 is 0 Å². The second-order valence-electron chi connectivity index (χ2n) is 3.79. The van der Waals surface area contributed by atoms with Crippen LogP contribution in [0.15, 0.2) is 36.5 Å². The van der Waals surface area contributed by atoms with Crippen LogP contribution in [0.5, 0.6) is 0 Å². The van der Waals surface area contributed by atoms with Crippen LogP contribution in [0.2, 0.25) is 0 Å². The highest BCUT2D eigenvalue weighted by Gasteiger charge is 2.05. The Morgan fingerprint density at radius 3 is 2.67 bits per heavy atom. The molecule has 0 bridgehead atoms. The molecule has 2 rings (SSSR count). The minimum Gasteiger partial charge on any atom is -0.325 e. The molecule has 2 N–H and O–H groups in total. The van der Waals surface area contributed by atoms with Crippen molar-refractivity contribution in [1.82, 2.24) is 4.57 Å². The van der Waals surface area contributed by atoms with E-state index in [1.54, 1.807) is 0 Å². The molecule has 0 amide bonds. The van der Waals surface area contributed by atoms with Gasteiger partial charge < -0.3 is 10.3 Å². The highest BCUT2D eigenvalue weighted by molar-refractivity contribution is 5.46.